The van der Waals surface area contributed by atoms with E-state index in [0.717, 1.165) is 0 Å². The highest BCUT2D eigenvalue weighted by Crippen LogP contribution is 2.15. The maximum atomic E-state index is 11.0. The molecule has 0 atom stereocenters. The third kappa shape index (κ3) is 12.8. The fraction of sp³-hybridized carbons (Fsp3) is 0.286. The highest BCUT2D eigenvalue weighted by Gasteiger charge is 2.33. The quantitative estimate of drug-likeness (QED) is 0.759. The molecule has 1 N–H and O–H groups in total. The Bertz CT molecular complexity index is 336. The van der Waals surface area contributed by atoms with E-state index in [1.165, 1.54) is 0 Å². The molecule has 86 valence electrons. The maximum absolute atomic E-state index is 11.0. The SMILES string of the molecule is O=S(=O)(O)CC(F)(F)F.c1ccncc1. The van der Waals surface area contributed by atoms with Crippen LogP contribution in [0.5, 0.6) is 0 Å². The monoisotopic (exact) mass is 243 g/mol. The van der Waals surface area contributed by atoms with Crippen LogP contribution in [-0.4, -0.2) is 29.9 Å². The molecule has 0 saturated heterocycles. The van der Waals surface area contributed by atoms with Gasteiger partial charge in [-0.2, -0.15) is 21.6 Å². The zero-order chi connectivity index (χ0) is 11.9. The summed E-state index contributed by atoms with van der Waals surface area (Å²) in [5, 5.41) is 0. The lowest BCUT2D eigenvalue weighted by atomic mass is 10.5. The van der Waals surface area contributed by atoms with Crippen molar-refractivity contribution in [3.63, 3.8) is 0 Å². The Kier molecular flexibility index (Phi) is 5.23. The van der Waals surface area contributed by atoms with Crippen LogP contribution in [0.25, 0.3) is 0 Å². The van der Waals surface area contributed by atoms with Gasteiger partial charge >= 0.3 is 6.18 Å². The Balaban J connectivity index is 0.000000280. The summed E-state index contributed by atoms with van der Waals surface area (Å²) in [6.45, 7) is 0. The normalized spacial score (nSPS) is 11.5. The van der Waals surface area contributed by atoms with Gasteiger partial charge in [-0.1, -0.05) is 6.07 Å². The predicted molar refractivity (Wildman–Crippen MR) is 46.7 cm³/mol. The van der Waals surface area contributed by atoms with Crippen LogP contribution in [0.1, 0.15) is 0 Å². The van der Waals surface area contributed by atoms with Crippen molar-refractivity contribution >= 4 is 10.1 Å². The second kappa shape index (κ2) is 5.66. The van der Waals surface area contributed by atoms with E-state index in [2.05, 4.69) is 4.98 Å². The molecule has 0 aliphatic rings. The molecule has 0 amide bonds. The lowest BCUT2D eigenvalue weighted by molar-refractivity contribution is -0.107. The molecular formula is C7H8F3NO3S. The molecule has 0 spiro atoms. The van der Waals surface area contributed by atoms with Gasteiger partial charge in [-0.05, 0) is 12.1 Å². The van der Waals surface area contributed by atoms with Crippen LogP contribution in [-0.2, 0) is 10.1 Å². The molecule has 1 rings (SSSR count). The number of aromatic nitrogens is 1. The van der Waals surface area contributed by atoms with E-state index in [1.807, 2.05) is 18.2 Å². The summed E-state index contributed by atoms with van der Waals surface area (Å²) < 4.78 is 59.6. The van der Waals surface area contributed by atoms with Crippen molar-refractivity contribution in [3.05, 3.63) is 30.6 Å². The topological polar surface area (TPSA) is 67.3 Å². The Morgan fingerprint density at radius 2 is 1.60 bits per heavy atom. The Labute approximate surface area is 84.5 Å². The van der Waals surface area contributed by atoms with Gasteiger partial charge in [-0.15, -0.1) is 0 Å². The van der Waals surface area contributed by atoms with Crippen molar-refractivity contribution in [2.75, 3.05) is 5.75 Å². The van der Waals surface area contributed by atoms with Gasteiger partial charge in [-0.3, -0.25) is 9.54 Å². The Morgan fingerprint density at radius 3 is 1.67 bits per heavy atom. The van der Waals surface area contributed by atoms with Gasteiger partial charge in [0.1, 0.15) is 0 Å². The molecule has 1 aromatic rings. The van der Waals surface area contributed by atoms with E-state index in [4.69, 9.17) is 4.55 Å². The third-order valence-corrected chi connectivity index (χ3v) is 1.60. The highest BCUT2D eigenvalue weighted by atomic mass is 32.2. The number of rotatable bonds is 1. The van der Waals surface area contributed by atoms with Crippen LogP contribution in [0.15, 0.2) is 30.6 Å². The molecule has 8 heteroatoms. The predicted octanol–water partition coefficient (Wildman–Crippen LogP) is 1.52. The summed E-state index contributed by atoms with van der Waals surface area (Å²) >= 11 is 0. The van der Waals surface area contributed by atoms with Crippen LogP contribution < -0.4 is 0 Å². The fourth-order valence-electron chi connectivity index (χ4n) is 0.519. The number of nitrogens with zero attached hydrogens (tertiary/aromatic N) is 1. The summed E-state index contributed by atoms with van der Waals surface area (Å²) in [5.41, 5.74) is 0. The van der Waals surface area contributed by atoms with E-state index in [-0.39, 0.29) is 0 Å². The van der Waals surface area contributed by atoms with Gasteiger partial charge in [0.2, 0.25) is 0 Å². The number of halogens is 3. The minimum absolute atomic E-state index is 1.75. The second-order valence-electron chi connectivity index (χ2n) is 2.37. The van der Waals surface area contributed by atoms with Gasteiger partial charge < -0.3 is 0 Å². The van der Waals surface area contributed by atoms with Crippen LogP contribution >= 0.6 is 0 Å². The molecule has 0 aromatic carbocycles. The van der Waals surface area contributed by atoms with Gasteiger partial charge in [0.25, 0.3) is 10.1 Å². The Hall–Kier alpha value is -1.15. The van der Waals surface area contributed by atoms with E-state index in [0.29, 0.717) is 0 Å². The zero-order valence-electron chi connectivity index (χ0n) is 7.35. The van der Waals surface area contributed by atoms with Gasteiger partial charge in [-0.25, -0.2) is 0 Å². The molecule has 0 radical (unpaired) electrons. The van der Waals surface area contributed by atoms with Crippen LogP contribution in [0.2, 0.25) is 0 Å². The number of alkyl halides is 3. The first-order valence-corrected chi connectivity index (χ1v) is 5.18. The molecular weight excluding hydrogens is 235 g/mol. The van der Waals surface area contributed by atoms with Gasteiger partial charge in [0, 0.05) is 12.4 Å². The molecule has 4 nitrogen and oxygen atoms in total. The third-order valence-electron chi connectivity index (χ3n) is 0.913. The first-order chi connectivity index (χ1) is 6.71. The molecule has 0 aliphatic heterocycles. The molecule has 1 aromatic heterocycles. The number of hydrogen-bond acceptors (Lipinski definition) is 3. The summed E-state index contributed by atoms with van der Waals surface area (Å²) in [4.78, 5) is 3.78. The molecule has 0 saturated carbocycles. The number of hydrogen-bond donors (Lipinski definition) is 1. The summed E-state index contributed by atoms with van der Waals surface area (Å²) in [6, 6.07) is 5.72. The summed E-state index contributed by atoms with van der Waals surface area (Å²) in [7, 11) is -4.91. The minimum Gasteiger partial charge on any atom is -0.285 e. The van der Waals surface area contributed by atoms with E-state index < -0.39 is 22.0 Å². The van der Waals surface area contributed by atoms with Crippen molar-refractivity contribution in [1.82, 2.24) is 4.98 Å². The first-order valence-electron chi connectivity index (χ1n) is 3.57. The van der Waals surface area contributed by atoms with Crippen LogP contribution in [0.4, 0.5) is 13.2 Å². The maximum Gasteiger partial charge on any atom is 0.405 e. The smallest absolute Gasteiger partial charge is 0.285 e. The van der Waals surface area contributed by atoms with E-state index in [1.54, 1.807) is 12.4 Å². The van der Waals surface area contributed by atoms with Crippen LogP contribution in [0.3, 0.4) is 0 Å². The first kappa shape index (κ1) is 13.8. The summed E-state index contributed by atoms with van der Waals surface area (Å²) in [6.07, 6.45) is -1.35. The molecule has 0 fully saturated rings. The zero-order valence-corrected chi connectivity index (χ0v) is 8.16. The van der Waals surface area contributed by atoms with E-state index in [9.17, 15) is 21.6 Å². The largest absolute Gasteiger partial charge is 0.405 e. The second-order valence-corrected chi connectivity index (χ2v) is 3.82. The average Bonchev–Trinajstić information content (AvgIpc) is 2.01. The van der Waals surface area contributed by atoms with Crippen molar-refractivity contribution in [1.29, 1.82) is 0 Å². The molecule has 0 bridgehead atoms. The fourth-order valence-corrected chi connectivity index (χ4v) is 0.933. The van der Waals surface area contributed by atoms with Crippen molar-refractivity contribution in [3.8, 4) is 0 Å². The van der Waals surface area contributed by atoms with E-state index >= 15 is 0 Å². The van der Waals surface area contributed by atoms with Crippen molar-refractivity contribution < 1.29 is 26.1 Å². The number of pyridine rings is 1. The Morgan fingerprint density at radius 1 is 1.13 bits per heavy atom. The molecule has 0 unspecified atom stereocenters. The standard InChI is InChI=1S/C5H5N.C2H3F3O3S/c1-2-4-6-5-3-1;3-2(4,5)1-9(6,7)8/h1-5H;1H2,(H,6,7,8). The van der Waals surface area contributed by atoms with Crippen LogP contribution in [0, 0.1) is 0 Å². The van der Waals surface area contributed by atoms with Gasteiger partial charge in [0.05, 0.1) is 0 Å². The lowest BCUT2D eigenvalue weighted by Crippen LogP contribution is -2.21. The highest BCUT2D eigenvalue weighted by molar-refractivity contribution is 7.85. The van der Waals surface area contributed by atoms with Crippen molar-refractivity contribution in [2.45, 2.75) is 6.18 Å². The van der Waals surface area contributed by atoms with Gasteiger partial charge in [0.15, 0.2) is 5.75 Å². The van der Waals surface area contributed by atoms with Crippen molar-refractivity contribution in [2.24, 2.45) is 0 Å². The molecule has 15 heavy (non-hydrogen) atoms. The lowest BCUT2D eigenvalue weighted by Gasteiger charge is -2.00. The minimum atomic E-state index is -4.91. The average molecular weight is 243 g/mol. The summed E-state index contributed by atoms with van der Waals surface area (Å²) in [5.74, 6) is -2.18. The molecule has 1 heterocycles. The molecule has 0 aliphatic carbocycles.